The Morgan fingerprint density at radius 3 is 2.88 bits per heavy atom. The third-order valence-corrected chi connectivity index (χ3v) is 4.04. The normalized spacial score (nSPS) is 17.3. The van der Waals surface area contributed by atoms with Crippen molar-refractivity contribution in [2.45, 2.75) is 32.4 Å². The lowest BCUT2D eigenvalue weighted by Gasteiger charge is -2.27. The fourth-order valence-electron chi connectivity index (χ4n) is 2.79. The van der Waals surface area contributed by atoms with Gasteiger partial charge < -0.3 is 25.0 Å². The molecule has 1 aromatic rings. The monoisotopic (exact) mass is 335 g/mol. The number of anilines is 1. The summed E-state index contributed by atoms with van der Waals surface area (Å²) in [5, 5.41) is 12.0. The topological polar surface area (TPSA) is 82.1 Å². The van der Waals surface area contributed by atoms with Crippen LogP contribution in [0, 0.1) is 0 Å². The number of hydrogen-bond acceptors (Lipinski definition) is 4. The Hall–Kier alpha value is -2.28. The second-order valence-electron chi connectivity index (χ2n) is 6.07. The highest BCUT2D eigenvalue weighted by Gasteiger charge is 2.32. The number of hydrogen-bond donors (Lipinski definition) is 2. The molecule has 1 fully saturated rings. The number of ether oxygens (including phenoxy) is 1. The second kappa shape index (κ2) is 8.01. The molecular weight excluding hydrogens is 310 g/mol. The lowest BCUT2D eigenvalue weighted by atomic mass is 10.2. The fraction of sp³-hybridized carbons (Fsp3) is 0.529. The average Bonchev–Trinajstić information content (AvgIpc) is 2.92. The van der Waals surface area contributed by atoms with Gasteiger partial charge in [0.05, 0.1) is 19.8 Å². The lowest BCUT2D eigenvalue weighted by molar-refractivity contribution is -0.117. The number of methoxy groups -OCH3 is 1. The molecule has 132 valence electrons. The van der Waals surface area contributed by atoms with E-state index in [1.54, 1.807) is 23.0 Å². The van der Waals surface area contributed by atoms with E-state index in [9.17, 15) is 9.59 Å². The van der Waals surface area contributed by atoms with Gasteiger partial charge in [-0.2, -0.15) is 0 Å². The molecule has 0 aromatic heterocycles. The minimum absolute atomic E-state index is 0.0243. The standard InChI is InChI=1S/C17H25N3O4/c1-12(2)19(7-8-21)17(23)18-13-9-16(22)20(11-13)14-5-4-6-15(10-14)24-3/h4-6,10,12-13,21H,7-9,11H2,1-3H3,(H,18,23)/t13-/m0/s1. The van der Waals surface area contributed by atoms with Crippen molar-refractivity contribution in [3.63, 3.8) is 0 Å². The van der Waals surface area contributed by atoms with Crippen molar-refractivity contribution in [2.24, 2.45) is 0 Å². The van der Waals surface area contributed by atoms with Gasteiger partial charge in [-0.05, 0) is 26.0 Å². The highest BCUT2D eigenvalue weighted by Crippen LogP contribution is 2.25. The third kappa shape index (κ3) is 4.17. The number of rotatable bonds is 6. The molecule has 2 rings (SSSR count). The number of aliphatic hydroxyl groups is 1. The van der Waals surface area contributed by atoms with Gasteiger partial charge in [-0.25, -0.2) is 4.79 Å². The number of benzene rings is 1. The van der Waals surface area contributed by atoms with Gasteiger partial charge >= 0.3 is 6.03 Å². The first-order chi connectivity index (χ1) is 11.5. The summed E-state index contributed by atoms with van der Waals surface area (Å²) < 4.78 is 5.19. The Morgan fingerprint density at radius 1 is 1.50 bits per heavy atom. The maximum atomic E-state index is 12.3. The van der Waals surface area contributed by atoms with E-state index in [0.717, 1.165) is 5.69 Å². The summed E-state index contributed by atoms with van der Waals surface area (Å²) in [4.78, 5) is 27.8. The number of urea groups is 1. The smallest absolute Gasteiger partial charge is 0.318 e. The lowest BCUT2D eigenvalue weighted by Crippen LogP contribution is -2.49. The summed E-state index contributed by atoms with van der Waals surface area (Å²) in [7, 11) is 1.58. The van der Waals surface area contributed by atoms with E-state index in [4.69, 9.17) is 9.84 Å². The second-order valence-corrected chi connectivity index (χ2v) is 6.07. The van der Waals surface area contributed by atoms with Crippen LogP contribution < -0.4 is 15.0 Å². The van der Waals surface area contributed by atoms with E-state index >= 15 is 0 Å². The molecule has 7 heteroatoms. The zero-order valence-corrected chi connectivity index (χ0v) is 14.4. The van der Waals surface area contributed by atoms with E-state index in [2.05, 4.69) is 5.32 Å². The van der Waals surface area contributed by atoms with Crippen LogP contribution in [0.25, 0.3) is 0 Å². The number of amides is 3. The van der Waals surface area contributed by atoms with Gasteiger partial charge in [0.15, 0.2) is 0 Å². The van der Waals surface area contributed by atoms with Crippen molar-refractivity contribution in [3.05, 3.63) is 24.3 Å². The van der Waals surface area contributed by atoms with Gasteiger partial charge in [0.25, 0.3) is 0 Å². The van der Waals surface area contributed by atoms with E-state index in [1.165, 1.54) is 0 Å². The van der Waals surface area contributed by atoms with Crippen LogP contribution in [0.3, 0.4) is 0 Å². The maximum absolute atomic E-state index is 12.3. The predicted molar refractivity (Wildman–Crippen MR) is 91.2 cm³/mol. The van der Waals surface area contributed by atoms with Crippen molar-refractivity contribution in [3.8, 4) is 5.75 Å². The van der Waals surface area contributed by atoms with Crippen molar-refractivity contribution < 1.29 is 19.4 Å². The average molecular weight is 335 g/mol. The molecule has 2 N–H and O–H groups in total. The minimum atomic E-state index is -0.260. The van der Waals surface area contributed by atoms with Crippen LogP contribution in [0.15, 0.2) is 24.3 Å². The number of aliphatic hydroxyl groups excluding tert-OH is 1. The minimum Gasteiger partial charge on any atom is -0.497 e. The molecule has 24 heavy (non-hydrogen) atoms. The number of carbonyl (C=O) groups excluding carboxylic acids is 2. The van der Waals surface area contributed by atoms with Gasteiger partial charge in [-0.3, -0.25) is 4.79 Å². The summed E-state index contributed by atoms with van der Waals surface area (Å²) in [6.45, 7) is 4.37. The molecule has 0 saturated carbocycles. The summed E-state index contributed by atoms with van der Waals surface area (Å²) in [5.74, 6) is 0.647. The van der Waals surface area contributed by atoms with Crippen LogP contribution in [0.1, 0.15) is 20.3 Å². The van der Waals surface area contributed by atoms with Crippen LogP contribution in [-0.4, -0.2) is 60.8 Å². The molecule has 0 bridgehead atoms. The summed E-state index contributed by atoms with van der Waals surface area (Å²) >= 11 is 0. The Kier molecular flexibility index (Phi) is 6.03. The first kappa shape index (κ1) is 18.1. The summed E-state index contributed by atoms with van der Waals surface area (Å²) in [6, 6.07) is 6.75. The highest BCUT2D eigenvalue weighted by molar-refractivity contribution is 5.97. The molecule has 1 aliphatic rings. The molecule has 1 saturated heterocycles. The zero-order chi connectivity index (χ0) is 17.7. The molecule has 0 spiro atoms. The molecule has 1 heterocycles. The van der Waals surface area contributed by atoms with Crippen LogP contribution in [0.5, 0.6) is 5.75 Å². The summed E-state index contributed by atoms with van der Waals surface area (Å²) in [6.07, 6.45) is 0.258. The largest absolute Gasteiger partial charge is 0.497 e. The predicted octanol–water partition coefficient (Wildman–Crippen LogP) is 1.21. The Bertz CT molecular complexity index is 591. The molecular formula is C17H25N3O4. The quantitative estimate of drug-likeness (QED) is 0.819. The van der Waals surface area contributed by atoms with E-state index < -0.39 is 0 Å². The van der Waals surface area contributed by atoms with E-state index in [0.29, 0.717) is 12.3 Å². The van der Waals surface area contributed by atoms with Crippen molar-refractivity contribution >= 4 is 17.6 Å². The maximum Gasteiger partial charge on any atom is 0.318 e. The molecule has 1 atom stereocenters. The van der Waals surface area contributed by atoms with Gasteiger partial charge in [0.1, 0.15) is 5.75 Å². The van der Waals surface area contributed by atoms with Gasteiger partial charge in [-0.15, -0.1) is 0 Å². The highest BCUT2D eigenvalue weighted by atomic mass is 16.5. The first-order valence-corrected chi connectivity index (χ1v) is 8.08. The van der Waals surface area contributed by atoms with Gasteiger partial charge in [-0.1, -0.05) is 6.07 Å². The number of nitrogens with zero attached hydrogens (tertiary/aromatic N) is 2. The van der Waals surface area contributed by atoms with Crippen LogP contribution in [0.4, 0.5) is 10.5 Å². The van der Waals surface area contributed by atoms with Crippen molar-refractivity contribution in [1.29, 1.82) is 0 Å². The fourth-order valence-corrected chi connectivity index (χ4v) is 2.79. The third-order valence-electron chi connectivity index (χ3n) is 4.04. The van der Waals surface area contributed by atoms with E-state index in [1.807, 2.05) is 32.0 Å². The molecule has 1 aromatic carbocycles. The number of nitrogens with one attached hydrogen (secondary N) is 1. The van der Waals surface area contributed by atoms with Crippen LogP contribution in [0.2, 0.25) is 0 Å². The Labute approximate surface area is 142 Å². The van der Waals surface area contributed by atoms with Crippen LogP contribution in [-0.2, 0) is 4.79 Å². The van der Waals surface area contributed by atoms with Gasteiger partial charge in [0, 0.05) is 37.3 Å². The molecule has 1 aliphatic heterocycles. The molecule has 3 amide bonds. The van der Waals surface area contributed by atoms with Crippen LogP contribution >= 0.6 is 0 Å². The molecule has 0 radical (unpaired) electrons. The number of carbonyl (C=O) groups is 2. The molecule has 7 nitrogen and oxygen atoms in total. The van der Waals surface area contributed by atoms with E-state index in [-0.39, 0.29) is 43.6 Å². The van der Waals surface area contributed by atoms with Crippen molar-refractivity contribution in [1.82, 2.24) is 10.2 Å². The summed E-state index contributed by atoms with van der Waals surface area (Å²) in [5.41, 5.74) is 0.757. The Morgan fingerprint density at radius 2 is 2.25 bits per heavy atom. The Balaban J connectivity index is 2.02. The zero-order valence-electron chi connectivity index (χ0n) is 14.4. The van der Waals surface area contributed by atoms with Gasteiger partial charge in [0.2, 0.25) is 5.91 Å². The molecule has 0 aliphatic carbocycles. The SMILES string of the molecule is COc1cccc(N2C[C@@H](NC(=O)N(CCO)C(C)C)CC2=O)c1. The molecule has 0 unspecified atom stereocenters. The van der Waals surface area contributed by atoms with Crippen molar-refractivity contribution in [2.75, 3.05) is 31.7 Å². The first-order valence-electron chi connectivity index (χ1n) is 8.08.